The molecule has 2 rings (SSSR count). The fourth-order valence-electron chi connectivity index (χ4n) is 2.98. The Balaban J connectivity index is 1.86. The Labute approximate surface area is 150 Å². The summed E-state index contributed by atoms with van der Waals surface area (Å²) >= 11 is 0. The van der Waals surface area contributed by atoms with Gasteiger partial charge in [-0.2, -0.15) is 0 Å². The predicted molar refractivity (Wildman–Crippen MR) is 99.7 cm³/mol. The van der Waals surface area contributed by atoms with Crippen molar-refractivity contribution in [2.24, 2.45) is 4.99 Å². The van der Waals surface area contributed by atoms with Crippen LogP contribution in [0.25, 0.3) is 0 Å². The zero-order chi connectivity index (χ0) is 18.1. The van der Waals surface area contributed by atoms with Crippen LogP contribution in [0.15, 0.2) is 27.8 Å². The molecule has 0 spiro atoms. The molecule has 1 aromatic heterocycles. The summed E-state index contributed by atoms with van der Waals surface area (Å²) in [6.07, 6.45) is 4.91. The average molecular weight is 349 g/mol. The first kappa shape index (κ1) is 19.3. The second kappa shape index (κ2) is 10.1. The molecular weight excluding hydrogens is 318 g/mol. The molecule has 0 aromatic carbocycles. The monoisotopic (exact) mass is 349 g/mol. The van der Waals surface area contributed by atoms with Crippen molar-refractivity contribution in [2.45, 2.75) is 32.2 Å². The molecular formula is C18H31N5O2. The lowest BCUT2D eigenvalue weighted by Crippen LogP contribution is -2.45. The summed E-state index contributed by atoms with van der Waals surface area (Å²) < 4.78 is 5.35. The minimum absolute atomic E-state index is 0.0109. The highest BCUT2D eigenvalue weighted by molar-refractivity contribution is 5.84. The fraction of sp³-hybridized carbons (Fsp3) is 0.667. The third-order valence-electron chi connectivity index (χ3n) is 4.53. The molecule has 2 heterocycles. The van der Waals surface area contributed by atoms with Gasteiger partial charge < -0.3 is 20.0 Å². The highest BCUT2D eigenvalue weighted by Gasteiger charge is 2.22. The van der Waals surface area contributed by atoms with Gasteiger partial charge in [0.1, 0.15) is 12.3 Å². The zero-order valence-electron chi connectivity index (χ0n) is 15.6. The number of carbonyl (C=O) groups is 1. The van der Waals surface area contributed by atoms with Crippen molar-refractivity contribution in [2.75, 3.05) is 46.8 Å². The molecule has 7 heteroatoms. The first-order chi connectivity index (χ1) is 12.1. The van der Waals surface area contributed by atoms with Gasteiger partial charge in [0.25, 0.3) is 0 Å². The van der Waals surface area contributed by atoms with E-state index in [0.717, 1.165) is 25.3 Å². The van der Waals surface area contributed by atoms with Crippen LogP contribution in [-0.2, 0) is 11.2 Å². The number of guanidine groups is 1. The Hall–Kier alpha value is -2.02. The molecule has 7 nitrogen and oxygen atoms in total. The number of rotatable bonds is 8. The van der Waals surface area contributed by atoms with E-state index in [2.05, 4.69) is 27.4 Å². The van der Waals surface area contributed by atoms with Crippen molar-refractivity contribution >= 4 is 11.9 Å². The van der Waals surface area contributed by atoms with Crippen LogP contribution in [0, 0.1) is 0 Å². The van der Waals surface area contributed by atoms with Crippen LogP contribution in [0.1, 0.15) is 25.5 Å². The lowest BCUT2D eigenvalue weighted by atomic mass is 10.2. The Morgan fingerprint density at radius 3 is 2.96 bits per heavy atom. The van der Waals surface area contributed by atoms with Gasteiger partial charge in [-0.1, -0.05) is 6.92 Å². The Kier molecular flexibility index (Phi) is 7.78. The van der Waals surface area contributed by atoms with Crippen molar-refractivity contribution in [1.82, 2.24) is 20.4 Å². The highest BCUT2D eigenvalue weighted by atomic mass is 16.3. The number of amides is 1. The van der Waals surface area contributed by atoms with Crippen molar-refractivity contribution in [3.63, 3.8) is 0 Å². The number of aliphatic imine (C=N–C) groups is 1. The summed E-state index contributed by atoms with van der Waals surface area (Å²) in [6, 6.07) is 4.38. The molecule has 0 aliphatic carbocycles. The SMILES string of the molecule is CCN1CCCC1CNC(=NCC(=O)N(C)C)NCCc1ccco1. The van der Waals surface area contributed by atoms with E-state index >= 15 is 0 Å². The maximum absolute atomic E-state index is 11.8. The summed E-state index contributed by atoms with van der Waals surface area (Å²) in [7, 11) is 3.49. The lowest BCUT2D eigenvalue weighted by molar-refractivity contribution is -0.127. The standard InChI is InChI=1S/C18H31N5O2/c1-4-23-11-5-7-15(23)13-20-18(21-14-17(24)22(2)3)19-10-9-16-8-6-12-25-16/h6,8,12,15H,4-5,7,9-11,13-14H2,1-3H3,(H2,19,20,21). The quantitative estimate of drug-likeness (QED) is 0.540. The molecule has 0 bridgehead atoms. The second-order valence-corrected chi connectivity index (χ2v) is 6.51. The minimum Gasteiger partial charge on any atom is -0.469 e. The molecule has 0 radical (unpaired) electrons. The summed E-state index contributed by atoms with van der Waals surface area (Å²) in [5.41, 5.74) is 0. The van der Waals surface area contributed by atoms with E-state index < -0.39 is 0 Å². The molecule has 1 unspecified atom stereocenters. The number of likely N-dealkylation sites (tertiary alicyclic amines) is 1. The van der Waals surface area contributed by atoms with Crippen LogP contribution in [-0.4, -0.2) is 74.5 Å². The number of nitrogens with zero attached hydrogens (tertiary/aromatic N) is 3. The van der Waals surface area contributed by atoms with Crippen molar-refractivity contribution < 1.29 is 9.21 Å². The van der Waals surface area contributed by atoms with Crippen molar-refractivity contribution in [3.8, 4) is 0 Å². The second-order valence-electron chi connectivity index (χ2n) is 6.51. The molecule has 0 saturated carbocycles. The minimum atomic E-state index is -0.0109. The third kappa shape index (κ3) is 6.42. The normalized spacial score (nSPS) is 18.4. The van der Waals surface area contributed by atoms with Crippen LogP contribution in [0.5, 0.6) is 0 Å². The maximum atomic E-state index is 11.8. The Morgan fingerprint density at radius 1 is 1.44 bits per heavy atom. The molecule has 25 heavy (non-hydrogen) atoms. The van der Waals surface area contributed by atoms with E-state index in [1.165, 1.54) is 19.4 Å². The summed E-state index contributed by atoms with van der Waals surface area (Å²) in [5, 5.41) is 6.69. The first-order valence-corrected chi connectivity index (χ1v) is 9.09. The summed E-state index contributed by atoms with van der Waals surface area (Å²) in [4.78, 5) is 20.3. The molecule has 1 saturated heterocycles. The first-order valence-electron chi connectivity index (χ1n) is 9.09. The lowest BCUT2D eigenvalue weighted by Gasteiger charge is -2.24. The van der Waals surface area contributed by atoms with Crippen molar-refractivity contribution in [1.29, 1.82) is 0 Å². The number of nitrogens with one attached hydrogen (secondary N) is 2. The van der Waals surface area contributed by atoms with Gasteiger partial charge in [0.05, 0.1) is 6.26 Å². The number of likely N-dealkylation sites (N-methyl/N-ethyl adjacent to an activating group) is 2. The Morgan fingerprint density at radius 2 is 2.28 bits per heavy atom. The van der Waals surface area contributed by atoms with E-state index in [1.54, 1.807) is 25.3 Å². The fourth-order valence-corrected chi connectivity index (χ4v) is 2.98. The largest absolute Gasteiger partial charge is 0.469 e. The van der Waals surface area contributed by atoms with Gasteiger partial charge in [-0.15, -0.1) is 0 Å². The van der Waals surface area contributed by atoms with E-state index in [4.69, 9.17) is 4.42 Å². The van der Waals surface area contributed by atoms with Crippen LogP contribution in [0.4, 0.5) is 0 Å². The smallest absolute Gasteiger partial charge is 0.243 e. The predicted octanol–water partition coefficient (Wildman–Crippen LogP) is 0.930. The zero-order valence-corrected chi connectivity index (χ0v) is 15.6. The van der Waals surface area contributed by atoms with Gasteiger partial charge in [0.2, 0.25) is 5.91 Å². The molecule has 2 N–H and O–H groups in total. The molecule has 1 aliphatic heterocycles. The van der Waals surface area contributed by atoms with Gasteiger partial charge in [0.15, 0.2) is 5.96 Å². The van der Waals surface area contributed by atoms with Crippen LogP contribution in [0.2, 0.25) is 0 Å². The van der Waals surface area contributed by atoms with Gasteiger partial charge in [0, 0.05) is 39.6 Å². The Bertz CT molecular complexity index is 542. The van der Waals surface area contributed by atoms with E-state index in [-0.39, 0.29) is 12.5 Å². The number of hydrogen-bond donors (Lipinski definition) is 2. The summed E-state index contributed by atoms with van der Waals surface area (Å²) in [5.74, 6) is 1.61. The molecule has 1 aromatic rings. The van der Waals surface area contributed by atoms with Gasteiger partial charge in [-0.05, 0) is 38.1 Å². The van der Waals surface area contributed by atoms with Crippen LogP contribution < -0.4 is 10.6 Å². The summed E-state index contributed by atoms with van der Waals surface area (Å²) in [6.45, 7) is 6.13. The van der Waals surface area contributed by atoms with E-state index in [9.17, 15) is 4.79 Å². The van der Waals surface area contributed by atoms with Crippen molar-refractivity contribution in [3.05, 3.63) is 24.2 Å². The van der Waals surface area contributed by atoms with Gasteiger partial charge in [-0.3, -0.25) is 9.69 Å². The number of carbonyl (C=O) groups excluding carboxylic acids is 1. The molecule has 1 atom stereocenters. The molecule has 1 aliphatic rings. The van der Waals surface area contributed by atoms with Crippen LogP contribution >= 0.6 is 0 Å². The van der Waals surface area contributed by atoms with Gasteiger partial charge in [-0.25, -0.2) is 4.99 Å². The van der Waals surface area contributed by atoms with Crippen LogP contribution in [0.3, 0.4) is 0 Å². The number of furan rings is 1. The van der Waals surface area contributed by atoms with E-state index in [1.807, 2.05) is 12.1 Å². The van der Waals surface area contributed by atoms with E-state index in [0.29, 0.717) is 18.5 Å². The third-order valence-corrected chi connectivity index (χ3v) is 4.53. The van der Waals surface area contributed by atoms with Gasteiger partial charge >= 0.3 is 0 Å². The molecule has 1 fully saturated rings. The molecule has 140 valence electrons. The number of hydrogen-bond acceptors (Lipinski definition) is 4. The molecule has 1 amide bonds. The average Bonchev–Trinajstić information content (AvgIpc) is 3.27. The topological polar surface area (TPSA) is 73.1 Å². The highest BCUT2D eigenvalue weighted by Crippen LogP contribution is 2.15. The maximum Gasteiger partial charge on any atom is 0.243 e.